The Balaban J connectivity index is 2.34. The first-order chi connectivity index (χ1) is 8.74. The van der Waals surface area contributed by atoms with Gasteiger partial charge in [-0.3, -0.25) is 0 Å². The Hall–Kier alpha value is -1.70. The lowest BCUT2D eigenvalue weighted by Gasteiger charge is -2.05. The van der Waals surface area contributed by atoms with Gasteiger partial charge in [0.25, 0.3) is 0 Å². The van der Waals surface area contributed by atoms with E-state index in [0.717, 1.165) is 23.5 Å². The molecule has 0 saturated carbocycles. The Bertz CT molecular complexity index is 584. The van der Waals surface area contributed by atoms with Crippen molar-refractivity contribution in [2.75, 3.05) is 6.54 Å². The molecule has 2 rings (SSSR count). The lowest BCUT2D eigenvalue weighted by atomic mass is 10.1. The fourth-order valence-electron chi connectivity index (χ4n) is 1.68. The molecule has 0 bridgehead atoms. The smallest absolute Gasteiger partial charge is 0.131 e. The van der Waals surface area contributed by atoms with Crippen molar-refractivity contribution in [1.29, 1.82) is 5.26 Å². The van der Waals surface area contributed by atoms with Gasteiger partial charge in [0.15, 0.2) is 0 Å². The Morgan fingerprint density at radius 2 is 2.17 bits per heavy atom. The molecule has 1 heterocycles. The molecule has 1 aromatic heterocycles. The van der Waals surface area contributed by atoms with E-state index < -0.39 is 0 Å². The molecule has 0 radical (unpaired) electrons. The molecule has 0 spiro atoms. The number of rotatable bonds is 4. The number of benzene rings is 1. The summed E-state index contributed by atoms with van der Waals surface area (Å²) in [7, 11) is 0. The van der Waals surface area contributed by atoms with Crippen molar-refractivity contribution >= 4 is 11.3 Å². The third-order valence-corrected chi connectivity index (χ3v) is 3.61. The molecule has 0 aliphatic carbocycles. The summed E-state index contributed by atoms with van der Waals surface area (Å²) in [6, 6.07) is 10.7. The summed E-state index contributed by atoms with van der Waals surface area (Å²) in [4.78, 5) is 1.39. The third kappa shape index (κ3) is 2.76. The van der Waals surface area contributed by atoms with Gasteiger partial charge in [-0.25, -0.2) is 4.39 Å². The highest BCUT2D eigenvalue weighted by molar-refractivity contribution is 7.16. The highest BCUT2D eigenvalue weighted by Gasteiger charge is 2.09. The summed E-state index contributed by atoms with van der Waals surface area (Å²) in [6.07, 6.45) is 0. The zero-order valence-corrected chi connectivity index (χ0v) is 10.9. The van der Waals surface area contributed by atoms with Gasteiger partial charge in [0.1, 0.15) is 16.8 Å². The SMILES string of the molecule is CCNCc1ccc(F)c(-c2ccc(C#N)s2)c1. The van der Waals surface area contributed by atoms with Gasteiger partial charge in [-0.05, 0) is 36.4 Å². The van der Waals surface area contributed by atoms with Crippen molar-refractivity contribution in [3.8, 4) is 16.5 Å². The second-order valence-corrected chi connectivity index (χ2v) is 4.95. The maximum absolute atomic E-state index is 13.8. The zero-order valence-electron chi connectivity index (χ0n) is 10.0. The molecule has 0 aliphatic heterocycles. The molecule has 92 valence electrons. The lowest BCUT2D eigenvalue weighted by Crippen LogP contribution is -2.11. The molecule has 0 saturated heterocycles. The molecule has 0 atom stereocenters. The number of hydrogen-bond donors (Lipinski definition) is 1. The molecule has 1 aromatic carbocycles. The highest BCUT2D eigenvalue weighted by atomic mass is 32.1. The molecule has 0 unspecified atom stereocenters. The minimum absolute atomic E-state index is 0.249. The largest absolute Gasteiger partial charge is 0.313 e. The summed E-state index contributed by atoms with van der Waals surface area (Å²) in [5.74, 6) is -0.249. The fraction of sp³-hybridized carbons (Fsp3) is 0.214. The predicted octanol–water partition coefficient (Wildman–Crippen LogP) is 3.54. The van der Waals surface area contributed by atoms with E-state index in [-0.39, 0.29) is 5.82 Å². The minimum Gasteiger partial charge on any atom is -0.313 e. The molecular weight excluding hydrogens is 247 g/mol. The second kappa shape index (κ2) is 5.76. The van der Waals surface area contributed by atoms with Gasteiger partial charge in [-0.1, -0.05) is 13.0 Å². The Morgan fingerprint density at radius 3 is 2.83 bits per heavy atom. The Morgan fingerprint density at radius 1 is 1.33 bits per heavy atom. The average molecular weight is 260 g/mol. The lowest BCUT2D eigenvalue weighted by molar-refractivity contribution is 0.629. The average Bonchev–Trinajstić information content (AvgIpc) is 2.86. The molecule has 18 heavy (non-hydrogen) atoms. The molecule has 1 N–H and O–H groups in total. The zero-order chi connectivity index (χ0) is 13.0. The fourth-order valence-corrected chi connectivity index (χ4v) is 2.50. The van der Waals surface area contributed by atoms with Gasteiger partial charge in [-0.2, -0.15) is 5.26 Å². The van der Waals surface area contributed by atoms with E-state index in [9.17, 15) is 4.39 Å². The number of halogens is 1. The minimum atomic E-state index is -0.249. The molecule has 0 aliphatic rings. The summed E-state index contributed by atoms with van der Waals surface area (Å²) in [6.45, 7) is 3.63. The predicted molar refractivity (Wildman–Crippen MR) is 71.8 cm³/mol. The molecule has 2 nitrogen and oxygen atoms in total. The molecule has 0 amide bonds. The van der Waals surface area contributed by atoms with Crippen molar-refractivity contribution in [2.24, 2.45) is 0 Å². The van der Waals surface area contributed by atoms with Crippen LogP contribution in [0, 0.1) is 17.1 Å². The van der Waals surface area contributed by atoms with Crippen LogP contribution >= 0.6 is 11.3 Å². The number of thiophene rings is 1. The van der Waals surface area contributed by atoms with Crippen molar-refractivity contribution in [3.05, 3.63) is 46.6 Å². The summed E-state index contributed by atoms with van der Waals surface area (Å²) in [5.41, 5.74) is 1.61. The van der Waals surface area contributed by atoms with Crippen LogP contribution in [0.5, 0.6) is 0 Å². The summed E-state index contributed by atoms with van der Waals surface area (Å²) >= 11 is 1.31. The number of hydrogen-bond acceptors (Lipinski definition) is 3. The van der Waals surface area contributed by atoms with Crippen LogP contribution in [0.1, 0.15) is 17.4 Å². The number of nitrogens with one attached hydrogen (secondary N) is 1. The topological polar surface area (TPSA) is 35.8 Å². The highest BCUT2D eigenvalue weighted by Crippen LogP contribution is 2.30. The van der Waals surface area contributed by atoms with Gasteiger partial charge in [0.05, 0.1) is 0 Å². The van der Waals surface area contributed by atoms with E-state index in [1.165, 1.54) is 17.4 Å². The summed E-state index contributed by atoms with van der Waals surface area (Å²) in [5, 5.41) is 12.0. The van der Waals surface area contributed by atoms with Crippen LogP contribution in [-0.2, 0) is 6.54 Å². The van der Waals surface area contributed by atoms with Crippen molar-refractivity contribution in [3.63, 3.8) is 0 Å². The van der Waals surface area contributed by atoms with E-state index in [1.54, 1.807) is 18.2 Å². The normalized spacial score (nSPS) is 10.3. The van der Waals surface area contributed by atoms with Crippen molar-refractivity contribution in [1.82, 2.24) is 5.32 Å². The molecular formula is C14H13FN2S. The van der Waals surface area contributed by atoms with Crippen LogP contribution in [0.25, 0.3) is 10.4 Å². The maximum atomic E-state index is 13.8. The van der Waals surface area contributed by atoms with Crippen LogP contribution < -0.4 is 5.32 Å². The first kappa shape index (κ1) is 12.7. The van der Waals surface area contributed by atoms with E-state index in [2.05, 4.69) is 11.4 Å². The van der Waals surface area contributed by atoms with E-state index in [1.807, 2.05) is 13.0 Å². The van der Waals surface area contributed by atoms with Gasteiger partial charge < -0.3 is 5.32 Å². The van der Waals surface area contributed by atoms with Crippen molar-refractivity contribution in [2.45, 2.75) is 13.5 Å². The quantitative estimate of drug-likeness (QED) is 0.912. The van der Waals surface area contributed by atoms with Crippen LogP contribution in [0.15, 0.2) is 30.3 Å². The summed E-state index contributed by atoms with van der Waals surface area (Å²) < 4.78 is 13.8. The molecule has 4 heteroatoms. The maximum Gasteiger partial charge on any atom is 0.131 e. The monoisotopic (exact) mass is 260 g/mol. The van der Waals surface area contributed by atoms with Gasteiger partial charge >= 0.3 is 0 Å². The van der Waals surface area contributed by atoms with Crippen LogP contribution in [0.2, 0.25) is 0 Å². The van der Waals surface area contributed by atoms with Crippen LogP contribution in [-0.4, -0.2) is 6.54 Å². The first-order valence-electron chi connectivity index (χ1n) is 5.74. The van der Waals surface area contributed by atoms with Gasteiger partial charge in [0, 0.05) is 17.0 Å². The molecule has 2 aromatic rings. The van der Waals surface area contributed by atoms with Crippen molar-refractivity contribution < 1.29 is 4.39 Å². The van der Waals surface area contributed by atoms with Crippen LogP contribution in [0.3, 0.4) is 0 Å². The second-order valence-electron chi connectivity index (χ2n) is 3.87. The standard InChI is InChI=1S/C14H13FN2S/c1-2-17-9-10-3-5-13(15)12(7-10)14-6-4-11(8-16)18-14/h3-7,17H,2,9H2,1H3. The Kier molecular flexibility index (Phi) is 4.08. The van der Waals surface area contributed by atoms with E-state index in [4.69, 9.17) is 5.26 Å². The Labute approximate surface area is 110 Å². The number of nitrogens with zero attached hydrogens (tertiary/aromatic N) is 1. The van der Waals surface area contributed by atoms with E-state index >= 15 is 0 Å². The third-order valence-electron chi connectivity index (χ3n) is 2.59. The van der Waals surface area contributed by atoms with Crippen LogP contribution in [0.4, 0.5) is 4.39 Å². The van der Waals surface area contributed by atoms with Gasteiger partial charge in [-0.15, -0.1) is 11.3 Å². The number of nitriles is 1. The first-order valence-corrected chi connectivity index (χ1v) is 6.55. The molecule has 0 fully saturated rings. The van der Waals surface area contributed by atoms with Gasteiger partial charge in [0.2, 0.25) is 0 Å². The van der Waals surface area contributed by atoms with E-state index in [0.29, 0.717) is 10.4 Å².